The van der Waals surface area contributed by atoms with Crippen molar-refractivity contribution in [3.8, 4) is 11.5 Å². The predicted octanol–water partition coefficient (Wildman–Crippen LogP) is 2.14. The number of aryl methyl sites for hydroxylation is 1. The van der Waals surface area contributed by atoms with Gasteiger partial charge in [0, 0.05) is 36.4 Å². The molecule has 5 atom stereocenters. The Bertz CT molecular complexity index is 1930. The first kappa shape index (κ1) is 39.1. The summed E-state index contributed by atoms with van der Waals surface area (Å²) in [7, 11) is -2.32. The van der Waals surface area contributed by atoms with E-state index in [1.165, 1.54) is 17.9 Å². The van der Waals surface area contributed by atoms with Gasteiger partial charge in [-0.05, 0) is 62.5 Å². The van der Waals surface area contributed by atoms with Crippen LogP contribution in [0.4, 0.5) is 10.6 Å². The molecule has 1 aromatic carbocycles. The number of carbonyl (C=O) groups excluding carboxylic acids is 4. The number of sulfonamides is 1. The smallest absolute Gasteiger partial charge is 0.407 e. The number of anilines is 1. The second-order valence-corrected chi connectivity index (χ2v) is 17.4. The molecular formula is C37H50N6O10S. The number of cyclic esters (lactones) is 1. The lowest BCUT2D eigenvalue weighted by Crippen LogP contribution is -2.58. The second-order valence-electron chi connectivity index (χ2n) is 15.5. The van der Waals surface area contributed by atoms with E-state index in [0.717, 1.165) is 12.0 Å². The molecule has 0 spiro atoms. The van der Waals surface area contributed by atoms with Crippen molar-refractivity contribution in [2.45, 2.75) is 94.7 Å². The third-order valence-corrected chi connectivity index (χ3v) is 12.4. The van der Waals surface area contributed by atoms with Gasteiger partial charge >= 0.3 is 6.09 Å². The van der Waals surface area contributed by atoms with Gasteiger partial charge in [0.1, 0.15) is 41.0 Å². The summed E-state index contributed by atoms with van der Waals surface area (Å²) in [5.74, 6) is -1.17. The van der Waals surface area contributed by atoms with Gasteiger partial charge < -0.3 is 40.2 Å². The zero-order valence-electron chi connectivity index (χ0n) is 31.1. The van der Waals surface area contributed by atoms with Gasteiger partial charge in [0.15, 0.2) is 0 Å². The van der Waals surface area contributed by atoms with Gasteiger partial charge in [-0.25, -0.2) is 18.2 Å². The highest BCUT2D eigenvalue weighted by atomic mass is 32.2. The average molecular weight is 771 g/mol. The molecule has 16 nitrogen and oxygen atoms in total. The summed E-state index contributed by atoms with van der Waals surface area (Å²) in [5.41, 5.74) is -0.482. The molecule has 1 aromatic heterocycles. The first-order valence-electron chi connectivity index (χ1n) is 18.4. The van der Waals surface area contributed by atoms with E-state index in [4.69, 9.17) is 19.2 Å². The number of rotatable bonds is 10. The van der Waals surface area contributed by atoms with Gasteiger partial charge in [-0.15, -0.1) is 6.58 Å². The SMILES string of the molecule is C=CC1C[C@]1(NC(=O)[C@@H]1C[C@@H]2CN1C(=O)[C@H](C)NC(=O)OCC(C)(C)CCCc1cc3c(cc(NCCO)nc3cc1OC)O2)C(=O)NS(=O)(=O)C1CC1. The van der Waals surface area contributed by atoms with Crippen molar-refractivity contribution >= 4 is 50.6 Å². The van der Waals surface area contributed by atoms with E-state index in [0.29, 0.717) is 53.9 Å². The van der Waals surface area contributed by atoms with Gasteiger partial charge in [-0.3, -0.25) is 19.1 Å². The van der Waals surface area contributed by atoms with Crippen LogP contribution in [-0.2, 0) is 35.6 Å². The maximum atomic E-state index is 14.2. The molecule has 17 heteroatoms. The Kier molecular flexibility index (Phi) is 11.0. The number of nitrogens with one attached hydrogen (secondary N) is 4. The van der Waals surface area contributed by atoms with Gasteiger partial charge in [0.05, 0.1) is 37.6 Å². The Balaban J connectivity index is 1.35. The molecule has 3 heterocycles. The summed E-state index contributed by atoms with van der Waals surface area (Å²) in [6, 6.07) is 3.23. The van der Waals surface area contributed by atoms with Crippen LogP contribution in [-0.4, -0.2) is 110 Å². The number of alkyl carbamates (subject to hydrolysis) is 1. The van der Waals surface area contributed by atoms with Crippen molar-refractivity contribution in [2.24, 2.45) is 11.3 Å². The Morgan fingerprint density at radius 1 is 1.22 bits per heavy atom. The molecule has 1 saturated heterocycles. The second kappa shape index (κ2) is 15.2. The molecular weight excluding hydrogens is 721 g/mol. The van der Waals surface area contributed by atoms with Crippen molar-refractivity contribution in [3.63, 3.8) is 0 Å². The molecule has 54 heavy (non-hydrogen) atoms. The van der Waals surface area contributed by atoms with Crippen LogP contribution in [0.15, 0.2) is 30.9 Å². The molecule has 0 radical (unpaired) electrons. The molecule has 3 fully saturated rings. The maximum absolute atomic E-state index is 14.2. The Labute approximate surface area is 314 Å². The molecule has 1 unspecified atom stereocenters. The van der Waals surface area contributed by atoms with Crippen LogP contribution in [0.3, 0.4) is 0 Å². The number of aromatic nitrogens is 1. The fraction of sp³-hybridized carbons (Fsp3) is 0.595. The van der Waals surface area contributed by atoms with Crippen LogP contribution in [0.25, 0.3) is 10.9 Å². The van der Waals surface area contributed by atoms with E-state index in [1.54, 1.807) is 13.2 Å². The zero-order valence-corrected chi connectivity index (χ0v) is 31.9. The van der Waals surface area contributed by atoms with Crippen molar-refractivity contribution in [3.05, 3.63) is 36.4 Å². The lowest BCUT2D eigenvalue weighted by molar-refractivity contribution is -0.140. The number of aliphatic hydroxyl groups excluding tert-OH is 1. The van der Waals surface area contributed by atoms with Crippen LogP contribution >= 0.6 is 0 Å². The molecule has 4 amide bonds. The van der Waals surface area contributed by atoms with Gasteiger partial charge in [-0.2, -0.15) is 0 Å². The van der Waals surface area contributed by atoms with Crippen LogP contribution < -0.4 is 30.1 Å². The average Bonchev–Trinajstić information content (AvgIpc) is 4.05. The lowest BCUT2D eigenvalue weighted by atomic mass is 9.87. The first-order chi connectivity index (χ1) is 25.6. The fourth-order valence-corrected chi connectivity index (χ4v) is 8.58. The highest BCUT2D eigenvalue weighted by molar-refractivity contribution is 7.91. The van der Waals surface area contributed by atoms with Crippen LogP contribution in [0.5, 0.6) is 11.5 Å². The molecule has 2 aliphatic carbocycles. The van der Waals surface area contributed by atoms with E-state index in [1.807, 2.05) is 26.0 Å². The topological polar surface area (TPSA) is 215 Å². The van der Waals surface area contributed by atoms with E-state index in [2.05, 4.69) is 27.3 Å². The molecule has 5 N–H and O–H groups in total. The number of pyridine rings is 1. The summed E-state index contributed by atoms with van der Waals surface area (Å²) >= 11 is 0. The molecule has 294 valence electrons. The third kappa shape index (κ3) is 8.36. The minimum atomic E-state index is -3.91. The van der Waals surface area contributed by atoms with E-state index in [9.17, 15) is 32.7 Å². The fourth-order valence-electron chi connectivity index (χ4n) is 7.22. The normalized spacial score (nSPS) is 27.1. The summed E-state index contributed by atoms with van der Waals surface area (Å²) in [4.78, 5) is 60.6. The minimum Gasteiger partial charge on any atom is -0.496 e. The number of fused-ring (bicyclic) bond motifs is 3. The van der Waals surface area contributed by atoms with E-state index >= 15 is 0 Å². The van der Waals surface area contributed by atoms with Crippen LogP contribution in [0, 0.1) is 11.3 Å². The molecule has 2 aliphatic heterocycles. The monoisotopic (exact) mass is 770 g/mol. The highest BCUT2D eigenvalue weighted by Crippen LogP contribution is 2.46. The van der Waals surface area contributed by atoms with Crippen molar-refractivity contribution in [2.75, 3.05) is 38.7 Å². The summed E-state index contributed by atoms with van der Waals surface area (Å²) in [5, 5.41) is 17.9. The van der Waals surface area contributed by atoms with Crippen molar-refractivity contribution in [1.29, 1.82) is 0 Å². The standard InChI is InChI=1S/C37H50N6O10S/c1-6-23-18-37(23,34(47)42-54(49,50)25-9-10-25)41-32(45)28-15-24-19-43(28)33(46)21(2)39-35(48)52-20-36(3,4)11-7-8-22-14-26-27(16-29(22)51-5)40-31(38-12-13-44)17-30(26)53-24/h6,14,16-17,21,23-25,28,44H,1,7-13,15,18-20H2,2-5H3,(H,38,40)(H,39,48)(H,41,45)(H,42,47)/t21-,23?,24+,28-,37+/m0/s1. The number of ether oxygens (including phenoxy) is 3. The molecule has 2 aromatic rings. The lowest BCUT2D eigenvalue weighted by Gasteiger charge is -2.29. The van der Waals surface area contributed by atoms with Gasteiger partial charge in [0.25, 0.3) is 5.91 Å². The number of hydrogen-bond acceptors (Lipinski definition) is 12. The van der Waals surface area contributed by atoms with E-state index < -0.39 is 68.7 Å². The third-order valence-electron chi connectivity index (χ3n) is 10.6. The summed E-state index contributed by atoms with van der Waals surface area (Å²) < 4.78 is 45.4. The largest absolute Gasteiger partial charge is 0.496 e. The molecule has 4 bridgehead atoms. The van der Waals surface area contributed by atoms with Gasteiger partial charge in [0.2, 0.25) is 21.8 Å². The molecule has 2 saturated carbocycles. The number of amides is 4. The van der Waals surface area contributed by atoms with Crippen LogP contribution in [0.1, 0.15) is 64.9 Å². The summed E-state index contributed by atoms with van der Waals surface area (Å²) in [6.45, 7) is 9.36. The minimum absolute atomic E-state index is 0.00594. The number of methoxy groups -OCH3 is 1. The number of benzene rings is 1. The first-order valence-corrected chi connectivity index (χ1v) is 19.9. The van der Waals surface area contributed by atoms with Crippen molar-refractivity contribution < 1.29 is 46.9 Å². The number of carbonyl (C=O) groups is 4. The summed E-state index contributed by atoms with van der Waals surface area (Å²) in [6.07, 6.45) is 3.12. The number of aliphatic hydroxyl groups is 1. The Hall–Kier alpha value is -4.64. The molecule has 4 aliphatic rings. The zero-order chi connectivity index (χ0) is 39.0. The Morgan fingerprint density at radius 3 is 2.65 bits per heavy atom. The highest BCUT2D eigenvalue weighted by Gasteiger charge is 2.62. The number of nitrogens with zero attached hydrogens (tertiary/aromatic N) is 2. The number of hydrogen-bond donors (Lipinski definition) is 5. The quantitative estimate of drug-likeness (QED) is 0.220. The molecule has 6 rings (SSSR count). The predicted molar refractivity (Wildman–Crippen MR) is 198 cm³/mol. The van der Waals surface area contributed by atoms with Gasteiger partial charge in [-0.1, -0.05) is 19.9 Å². The van der Waals surface area contributed by atoms with Crippen molar-refractivity contribution in [1.82, 2.24) is 25.2 Å². The van der Waals surface area contributed by atoms with Crippen LogP contribution in [0.2, 0.25) is 0 Å². The maximum Gasteiger partial charge on any atom is 0.407 e. The Morgan fingerprint density at radius 2 is 1.98 bits per heavy atom. The van der Waals surface area contributed by atoms with E-state index in [-0.39, 0.29) is 44.6 Å².